The molecule has 1 unspecified atom stereocenters. The smallest absolute Gasteiger partial charge is 0.311 e. The SMILES string of the molecule is Cc1ccc(C(=O)CC(C(=O)O)c2ccc(C)cc2)cc1. The molecule has 0 aromatic heterocycles. The van der Waals surface area contributed by atoms with E-state index < -0.39 is 11.9 Å². The maximum absolute atomic E-state index is 12.2. The van der Waals surface area contributed by atoms with Gasteiger partial charge in [-0.15, -0.1) is 0 Å². The Morgan fingerprint density at radius 2 is 1.38 bits per heavy atom. The van der Waals surface area contributed by atoms with Gasteiger partial charge in [-0.05, 0) is 19.4 Å². The lowest BCUT2D eigenvalue weighted by Crippen LogP contribution is -2.16. The molecule has 108 valence electrons. The van der Waals surface area contributed by atoms with Gasteiger partial charge in [0.25, 0.3) is 0 Å². The summed E-state index contributed by atoms with van der Waals surface area (Å²) in [4.78, 5) is 23.7. The van der Waals surface area contributed by atoms with Crippen LogP contribution in [-0.2, 0) is 4.79 Å². The number of aryl methyl sites for hydroxylation is 2. The van der Waals surface area contributed by atoms with Crippen molar-refractivity contribution in [2.75, 3.05) is 0 Å². The summed E-state index contributed by atoms with van der Waals surface area (Å²) in [7, 11) is 0. The minimum Gasteiger partial charge on any atom is -0.481 e. The summed E-state index contributed by atoms with van der Waals surface area (Å²) in [6.07, 6.45) is -0.0263. The third kappa shape index (κ3) is 3.78. The van der Waals surface area contributed by atoms with E-state index in [9.17, 15) is 14.7 Å². The summed E-state index contributed by atoms with van der Waals surface area (Å²) < 4.78 is 0. The van der Waals surface area contributed by atoms with Crippen molar-refractivity contribution >= 4 is 11.8 Å². The maximum Gasteiger partial charge on any atom is 0.311 e. The molecular weight excluding hydrogens is 264 g/mol. The van der Waals surface area contributed by atoms with Crippen LogP contribution >= 0.6 is 0 Å². The second-order valence-electron chi connectivity index (χ2n) is 5.29. The molecule has 0 radical (unpaired) electrons. The van der Waals surface area contributed by atoms with Gasteiger partial charge in [0, 0.05) is 12.0 Å². The number of carbonyl (C=O) groups is 2. The lowest BCUT2D eigenvalue weighted by molar-refractivity contribution is -0.138. The first kappa shape index (κ1) is 15.0. The molecule has 0 spiro atoms. The summed E-state index contributed by atoms with van der Waals surface area (Å²) in [6, 6.07) is 14.5. The number of carboxylic acids is 1. The van der Waals surface area contributed by atoms with E-state index in [0.717, 1.165) is 11.1 Å². The van der Waals surface area contributed by atoms with E-state index in [1.807, 2.05) is 38.1 Å². The van der Waals surface area contributed by atoms with Gasteiger partial charge in [-0.25, -0.2) is 0 Å². The standard InChI is InChI=1S/C18H18O3/c1-12-3-7-14(8-4-12)16(18(20)21)11-17(19)15-9-5-13(2)6-10-15/h3-10,16H,11H2,1-2H3,(H,20,21). The molecule has 0 heterocycles. The van der Waals surface area contributed by atoms with Crippen molar-refractivity contribution in [3.63, 3.8) is 0 Å². The van der Waals surface area contributed by atoms with Crippen molar-refractivity contribution in [2.24, 2.45) is 0 Å². The molecule has 0 amide bonds. The van der Waals surface area contributed by atoms with E-state index in [0.29, 0.717) is 11.1 Å². The van der Waals surface area contributed by atoms with E-state index in [1.54, 1.807) is 24.3 Å². The Bertz CT molecular complexity index is 639. The fraction of sp³-hybridized carbons (Fsp3) is 0.222. The molecule has 0 saturated carbocycles. The average molecular weight is 282 g/mol. The van der Waals surface area contributed by atoms with Crippen LogP contribution in [0.2, 0.25) is 0 Å². The third-order valence-corrected chi connectivity index (χ3v) is 3.54. The highest BCUT2D eigenvalue weighted by Gasteiger charge is 2.23. The molecule has 3 heteroatoms. The second-order valence-corrected chi connectivity index (χ2v) is 5.29. The molecule has 0 fully saturated rings. The van der Waals surface area contributed by atoms with Gasteiger partial charge in [0.15, 0.2) is 5.78 Å². The molecule has 0 bridgehead atoms. The summed E-state index contributed by atoms with van der Waals surface area (Å²) in [6.45, 7) is 3.89. The topological polar surface area (TPSA) is 54.4 Å². The van der Waals surface area contributed by atoms with Gasteiger partial charge in [0.2, 0.25) is 0 Å². The van der Waals surface area contributed by atoms with Crippen LogP contribution in [0, 0.1) is 13.8 Å². The summed E-state index contributed by atoms with van der Waals surface area (Å²) >= 11 is 0. The van der Waals surface area contributed by atoms with Gasteiger partial charge in [-0.3, -0.25) is 9.59 Å². The van der Waals surface area contributed by atoms with Crippen LogP contribution in [0.15, 0.2) is 48.5 Å². The Kier molecular flexibility index (Phi) is 4.53. The van der Waals surface area contributed by atoms with Gasteiger partial charge in [0.05, 0.1) is 5.92 Å². The third-order valence-electron chi connectivity index (χ3n) is 3.54. The van der Waals surface area contributed by atoms with Gasteiger partial charge in [-0.2, -0.15) is 0 Å². The lowest BCUT2D eigenvalue weighted by Gasteiger charge is -2.12. The Balaban J connectivity index is 2.20. The van der Waals surface area contributed by atoms with E-state index in [4.69, 9.17) is 0 Å². The molecule has 21 heavy (non-hydrogen) atoms. The van der Waals surface area contributed by atoms with Crippen LogP contribution < -0.4 is 0 Å². The zero-order valence-corrected chi connectivity index (χ0v) is 12.2. The molecular formula is C18H18O3. The number of ketones is 1. The molecule has 0 aliphatic rings. The first-order valence-corrected chi connectivity index (χ1v) is 6.86. The minimum atomic E-state index is -0.973. The monoisotopic (exact) mass is 282 g/mol. The Labute approximate surface area is 124 Å². The predicted octanol–water partition coefficient (Wildman–Crippen LogP) is 3.74. The van der Waals surface area contributed by atoms with Gasteiger partial charge in [-0.1, -0.05) is 59.7 Å². The number of rotatable bonds is 5. The molecule has 3 nitrogen and oxygen atoms in total. The minimum absolute atomic E-state index is 0.0263. The number of hydrogen-bond donors (Lipinski definition) is 1. The zero-order chi connectivity index (χ0) is 15.4. The molecule has 2 aromatic carbocycles. The van der Waals surface area contributed by atoms with Gasteiger partial charge in [0.1, 0.15) is 0 Å². The quantitative estimate of drug-likeness (QED) is 0.850. The van der Waals surface area contributed by atoms with Crippen LogP contribution in [0.4, 0.5) is 0 Å². The van der Waals surface area contributed by atoms with E-state index in [1.165, 1.54) is 0 Å². The van der Waals surface area contributed by atoms with Crippen LogP contribution in [0.25, 0.3) is 0 Å². The number of carbonyl (C=O) groups excluding carboxylic acids is 1. The molecule has 2 rings (SSSR count). The van der Waals surface area contributed by atoms with Crippen LogP contribution in [0.3, 0.4) is 0 Å². The van der Waals surface area contributed by atoms with Crippen LogP contribution in [0.5, 0.6) is 0 Å². The van der Waals surface area contributed by atoms with Crippen molar-refractivity contribution in [3.05, 3.63) is 70.8 Å². The fourth-order valence-corrected chi connectivity index (χ4v) is 2.19. The molecule has 0 saturated heterocycles. The van der Waals surface area contributed by atoms with Crippen molar-refractivity contribution in [1.29, 1.82) is 0 Å². The number of Topliss-reactive ketones (excluding diaryl/α,β-unsaturated/α-hetero) is 1. The molecule has 1 atom stereocenters. The van der Waals surface area contributed by atoms with Gasteiger partial charge >= 0.3 is 5.97 Å². The first-order valence-electron chi connectivity index (χ1n) is 6.86. The van der Waals surface area contributed by atoms with E-state index in [-0.39, 0.29) is 12.2 Å². The number of benzene rings is 2. The average Bonchev–Trinajstić information content (AvgIpc) is 2.46. The highest BCUT2D eigenvalue weighted by Crippen LogP contribution is 2.23. The summed E-state index contributed by atoms with van der Waals surface area (Å²) in [5, 5.41) is 9.38. The number of hydrogen-bond acceptors (Lipinski definition) is 2. The molecule has 2 aromatic rings. The second kappa shape index (κ2) is 6.35. The number of carboxylic acid groups (broad SMARTS) is 1. The fourth-order valence-electron chi connectivity index (χ4n) is 2.19. The van der Waals surface area contributed by atoms with Crippen molar-refractivity contribution in [3.8, 4) is 0 Å². The largest absolute Gasteiger partial charge is 0.481 e. The van der Waals surface area contributed by atoms with Crippen molar-refractivity contribution in [2.45, 2.75) is 26.2 Å². The van der Waals surface area contributed by atoms with Crippen LogP contribution in [0.1, 0.15) is 39.4 Å². The van der Waals surface area contributed by atoms with E-state index >= 15 is 0 Å². The van der Waals surface area contributed by atoms with Crippen molar-refractivity contribution < 1.29 is 14.7 Å². The molecule has 0 aliphatic carbocycles. The number of aliphatic carboxylic acids is 1. The maximum atomic E-state index is 12.2. The summed E-state index contributed by atoms with van der Waals surface area (Å²) in [5.74, 6) is -1.93. The van der Waals surface area contributed by atoms with Gasteiger partial charge < -0.3 is 5.11 Å². The highest BCUT2D eigenvalue weighted by atomic mass is 16.4. The van der Waals surface area contributed by atoms with Crippen LogP contribution in [-0.4, -0.2) is 16.9 Å². The predicted molar refractivity (Wildman–Crippen MR) is 81.7 cm³/mol. The molecule has 0 aliphatic heterocycles. The Morgan fingerprint density at radius 3 is 1.86 bits per heavy atom. The normalized spacial score (nSPS) is 11.9. The van der Waals surface area contributed by atoms with Crippen molar-refractivity contribution in [1.82, 2.24) is 0 Å². The highest BCUT2D eigenvalue weighted by molar-refractivity contribution is 5.99. The molecule has 1 N–H and O–H groups in total. The van der Waals surface area contributed by atoms with E-state index in [2.05, 4.69) is 0 Å². The summed E-state index contributed by atoms with van der Waals surface area (Å²) in [5.41, 5.74) is 3.35. The zero-order valence-electron chi connectivity index (χ0n) is 12.2. The Hall–Kier alpha value is -2.42. The Morgan fingerprint density at radius 1 is 0.905 bits per heavy atom. The lowest BCUT2D eigenvalue weighted by atomic mass is 9.91. The first-order chi connectivity index (χ1) is 9.97.